The SMILES string of the molecule is C[C@@H](NC(=O)Cc1nn(C)c2ccccc12)c1ccc2c(c1)CCO2. The second kappa shape index (κ2) is 6.24. The average molecular weight is 335 g/mol. The number of benzene rings is 2. The summed E-state index contributed by atoms with van der Waals surface area (Å²) in [4.78, 5) is 12.5. The Labute approximate surface area is 146 Å². The molecule has 2 aromatic carbocycles. The van der Waals surface area contributed by atoms with Crippen molar-refractivity contribution in [1.82, 2.24) is 15.1 Å². The summed E-state index contributed by atoms with van der Waals surface area (Å²) in [7, 11) is 1.90. The van der Waals surface area contributed by atoms with E-state index in [0.29, 0.717) is 0 Å². The van der Waals surface area contributed by atoms with Crippen molar-refractivity contribution in [3.05, 3.63) is 59.3 Å². The number of carbonyl (C=O) groups excluding carboxylic acids is 1. The van der Waals surface area contributed by atoms with Crippen LogP contribution < -0.4 is 10.1 Å². The Bertz CT molecular complexity index is 945. The summed E-state index contributed by atoms with van der Waals surface area (Å²) in [5, 5.41) is 8.61. The summed E-state index contributed by atoms with van der Waals surface area (Å²) < 4.78 is 7.36. The second-order valence-corrected chi connectivity index (χ2v) is 6.52. The maximum atomic E-state index is 12.5. The number of ether oxygens (including phenoxy) is 1. The highest BCUT2D eigenvalue weighted by molar-refractivity contribution is 5.87. The zero-order chi connectivity index (χ0) is 17.4. The molecule has 0 fully saturated rings. The molecule has 5 heteroatoms. The molecule has 1 N–H and O–H groups in total. The number of hydrogen-bond acceptors (Lipinski definition) is 3. The third kappa shape index (κ3) is 2.97. The maximum Gasteiger partial charge on any atom is 0.226 e. The number of hydrogen-bond donors (Lipinski definition) is 1. The van der Waals surface area contributed by atoms with Crippen LogP contribution in [0.5, 0.6) is 5.75 Å². The zero-order valence-corrected chi connectivity index (χ0v) is 14.5. The van der Waals surface area contributed by atoms with Crippen LogP contribution in [-0.4, -0.2) is 22.3 Å². The predicted molar refractivity (Wildman–Crippen MR) is 96.6 cm³/mol. The van der Waals surface area contributed by atoms with Gasteiger partial charge in [0.15, 0.2) is 0 Å². The molecule has 1 aliphatic heterocycles. The van der Waals surface area contributed by atoms with E-state index < -0.39 is 0 Å². The highest BCUT2D eigenvalue weighted by Crippen LogP contribution is 2.28. The van der Waals surface area contributed by atoms with Crippen LogP contribution in [0.15, 0.2) is 42.5 Å². The van der Waals surface area contributed by atoms with E-state index in [-0.39, 0.29) is 18.4 Å². The van der Waals surface area contributed by atoms with Crippen molar-refractivity contribution in [2.24, 2.45) is 7.05 Å². The molecule has 0 spiro atoms. The highest BCUT2D eigenvalue weighted by Gasteiger charge is 2.17. The number of aromatic nitrogens is 2. The molecule has 0 aliphatic carbocycles. The lowest BCUT2D eigenvalue weighted by Gasteiger charge is -2.15. The quantitative estimate of drug-likeness (QED) is 0.797. The van der Waals surface area contributed by atoms with Crippen LogP contribution in [0, 0.1) is 0 Å². The Morgan fingerprint density at radius 1 is 1.32 bits per heavy atom. The standard InChI is InChI=1S/C20H21N3O2/c1-13(14-7-8-19-15(11-14)9-10-25-19)21-20(24)12-17-16-5-3-4-6-18(16)23(2)22-17/h3-8,11,13H,9-10,12H2,1-2H3,(H,21,24)/t13-/m1/s1. The van der Waals surface area contributed by atoms with Gasteiger partial charge < -0.3 is 10.1 Å². The summed E-state index contributed by atoms with van der Waals surface area (Å²) >= 11 is 0. The summed E-state index contributed by atoms with van der Waals surface area (Å²) in [6, 6.07) is 14.1. The molecule has 0 unspecified atom stereocenters. The van der Waals surface area contributed by atoms with Crippen molar-refractivity contribution in [3.63, 3.8) is 0 Å². The Kier molecular flexibility index (Phi) is 3.92. The Morgan fingerprint density at radius 2 is 2.16 bits per heavy atom. The number of amides is 1. The van der Waals surface area contributed by atoms with Crippen molar-refractivity contribution in [3.8, 4) is 5.75 Å². The van der Waals surface area contributed by atoms with Crippen molar-refractivity contribution in [2.45, 2.75) is 25.8 Å². The van der Waals surface area contributed by atoms with Gasteiger partial charge in [-0.2, -0.15) is 5.10 Å². The van der Waals surface area contributed by atoms with Crippen LogP contribution in [0.2, 0.25) is 0 Å². The molecule has 5 nitrogen and oxygen atoms in total. The van der Waals surface area contributed by atoms with Crippen LogP contribution >= 0.6 is 0 Å². The number of carbonyl (C=O) groups is 1. The molecule has 4 rings (SSSR count). The molecule has 3 aromatic rings. The van der Waals surface area contributed by atoms with E-state index in [1.807, 2.05) is 55.1 Å². The van der Waals surface area contributed by atoms with Gasteiger partial charge in [-0.3, -0.25) is 9.48 Å². The van der Waals surface area contributed by atoms with Gasteiger partial charge in [0.1, 0.15) is 5.75 Å². The van der Waals surface area contributed by atoms with Gasteiger partial charge >= 0.3 is 0 Å². The largest absolute Gasteiger partial charge is 0.493 e. The lowest BCUT2D eigenvalue weighted by atomic mass is 10.0. The predicted octanol–water partition coefficient (Wildman–Crippen LogP) is 2.93. The number of nitrogens with zero attached hydrogens (tertiary/aromatic N) is 2. The molecule has 1 amide bonds. The van der Waals surface area contributed by atoms with Crippen molar-refractivity contribution in [1.29, 1.82) is 0 Å². The fraction of sp³-hybridized carbons (Fsp3) is 0.300. The van der Waals surface area contributed by atoms with Crippen LogP contribution in [0.1, 0.15) is 29.8 Å². The highest BCUT2D eigenvalue weighted by atomic mass is 16.5. The second-order valence-electron chi connectivity index (χ2n) is 6.52. The van der Waals surface area contributed by atoms with E-state index >= 15 is 0 Å². The molecule has 128 valence electrons. The first kappa shape index (κ1) is 15.7. The fourth-order valence-corrected chi connectivity index (χ4v) is 3.42. The number of para-hydroxylation sites is 1. The summed E-state index contributed by atoms with van der Waals surface area (Å²) in [5.41, 5.74) is 4.17. The smallest absolute Gasteiger partial charge is 0.226 e. The topological polar surface area (TPSA) is 56.2 Å². The minimum absolute atomic E-state index is 0.0203. The van der Waals surface area contributed by atoms with Gasteiger partial charge in [-0.1, -0.05) is 24.3 Å². The van der Waals surface area contributed by atoms with Crippen molar-refractivity contribution in [2.75, 3.05) is 6.61 Å². The molecule has 1 atom stereocenters. The minimum atomic E-state index is -0.0478. The lowest BCUT2D eigenvalue weighted by Crippen LogP contribution is -2.28. The number of nitrogens with one attached hydrogen (secondary N) is 1. The first-order chi connectivity index (χ1) is 12.1. The van der Waals surface area contributed by atoms with Gasteiger partial charge in [0.05, 0.1) is 30.3 Å². The molecule has 1 aliphatic rings. The zero-order valence-electron chi connectivity index (χ0n) is 14.5. The third-order valence-corrected chi connectivity index (χ3v) is 4.75. The molecule has 0 saturated heterocycles. The van der Waals surface area contributed by atoms with Gasteiger partial charge in [-0.25, -0.2) is 0 Å². The van der Waals surface area contributed by atoms with Gasteiger partial charge in [0, 0.05) is 18.9 Å². The van der Waals surface area contributed by atoms with E-state index in [4.69, 9.17) is 4.74 Å². The van der Waals surface area contributed by atoms with Crippen LogP contribution in [0.25, 0.3) is 10.9 Å². The van der Waals surface area contributed by atoms with Crippen molar-refractivity contribution < 1.29 is 9.53 Å². The number of fused-ring (bicyclic) bond motifs is 2. The lowest BCUT2D eigenvalue weighted by molar-refractivity contribution is -0.121. The summed E-state index contributed by atoms with van der Waals surface area (Å²) in [6.07, 6.45) is 1.21. The van der Waals surface area contributed by atoms with E-state index in [2.05, 4.69) is 16.5 Å². The first-order valence-electron chi connectivity index (χ1n) is 8.57. The summed E-state index contributed by atoms with van der Waals surface area (Å²) in [6.45, 7) is 2.75. The van der Waals surface area contributed by atoms with Gasteiger partial charge in [-0.05, 0) is 36.2 Å². The Morgan fingerprint density at radius 3 is 3.04 bits per heavy atom. The molecule has 25 heavy (non-hydrogen) atoms. The Hall–Kier alpha value is -2.82. The van der Waals surface area contributed by atoms with Gasteiger partial charge in [-0.15, -0.1) is 0 Å². The van der Waals surface area contributed by atoms with Crippen LogP contribution in [0.3, 0.4) is 0 Å². The summed E-state index contributed by atoms with van der Waals surface area (Å²) in [5.74, 6) is 0.940. The van der Waals surface area contributed by atoms with Gasteiger partial charge in [0.25, 0.3) is 0 Å². The minimum Gasteiger partial charge on any atom is -0.493 e. The average Bonchev–Trinajstić information content (AvgIpc) is 3.19. The van der Waals surface area contributed by atoms with E-state index in [1.54, 1.807) is 0 Å². The normalized spacial score (nSPS) is 14.2. The number of aryl methyl sites for hydroxylation is 1. The number of rotatable bonds is 4. The fourth-order valence-electron chi connectivity index (χ4n) is 3.42. The van der Waals surface area contributed by atoms with Crippen LogP contribution in [0.4, 0.5) is 0 Å². The van der Waals surface area contributed by atoms with Gasteiger partial charge in [0.2, 0.25) is 5.91 Å². The molecule has 0 bridgehead atoms. The van der Waals surface area contributed by atoms with E-state index in [0.717, 1.165) is 40.9 Å². The Balaban J connectivity index is 1.48. The molecule has 0 radical (unpaired) electrons. The molecule has 0 saturated carbocycles. The third-order valence-electron chi connectivity index (χ3n) is 4.75. The molecule has 2 heterocycles. The maximum absolute atomic E-state index is 12.5. The molecule has 1 aromatic heterocycles. The van der Waals surface area contributed by atoms with Crippen LogP contribution in [-0.2, 0) is 24.7 Å². The van der Waals surface area contributed by atoms with Crippen molar-refractivity contribution >= 4 is 16.8 Å². The van der Waals surface area contributed by atoms with E-state index in [1.165, 1.54) is 5.56 Å². The molecular weight excluding hydrogens is 314 g/mol. The first-order valence-corrected chi connectivity index (χ1v) is 8.57. The monoisotopic (exact) mass is 335 g/mol. The molecular formula is C20H21N3O2. The van der Waals surface area contributed by atoms with E-state index in [9.17, 15) is 4.79 Å².